The molecule has 7 heteroatoms. The van der Waals surface area contributed by atoms with E-state index in [2.05, 4.69) is 0 Å². The van der Waals surface area contributed by atoms with E-state index in [1.807, 2.05) is 13.8 Å². The molecular formula is C14H16F6O. The molecule has 4 rings (SSSR count). The fourth-order valence-electron chi connectivity index (χ4n) is 4.92. The SMILES string of the molecule is CC1C2=C3CC1(CC3CC(O)(C(F)(F)F)C(F)(F)F)C2C. The molecule has 3 unspecified atom stereocenters. The largest absolute Gasteiger partial charge is 0.426 e. The molecule has 21 heavy (non-hydrogen) atoms. The Balaban J connectivity index is 1.90. The van der Waals surface area contributed by atoms with Crippen molar-refractivity contribution in [2.24, 2.45) is 23.2 Å². The Kier molecular flexibility index (Phi) is 2.73. The van der Waals surface area contributed by atoms with Crippen LogP contribution in [0.5, 0.6) is 0 Å². The lowest BCUT2D eigenvalue weighted by Crippen LogP contribution is -2.58. The standard InChI is InChI=1S/C14H16F6O/c1-6-10-7(2)11(6)3-8(9(10)5-11)4-12(21,13(15,16)17)14(18,19)20/h6-8,21H,3-5H2,1-2H3. The molecule has 0 aromatic carbocycles. The molecule has 0 amide bonds. The zero-order valence-electron chi connectivity index (χ0n) is 11.6. The summed E-state index contributed by atoms with van der Waals surface area (Å²) in [5, 5.41) is 9.33. The minimum absolute atomic E-state index is 0.159. The molecular weight excluding hydrogens is 298 g/mol. The van der Waals surface area contributed by atoms with Crippen molar-refractivity contribution in [3.8, 4) is 0 Å². The summed E-state index contributed by atoms with van der Waals surface area (Å²) in [4.78, 5) is 0. The van der Waals surface area contributed by atoms with Crippen LogP contribution in [0.25, 0.3) is 0 Å². The van der Waals surface area contributed by atoms with Crippen molar-refractivity contribution in [2.45, 2.75) is 51.1 Å². The van der Waals surface area contributed by atoms with Crippen LogP contribution < -0.4 is 0 Å². The van der Waals surface area contributed by atoms with Crippen LogP contribution in [0.3, 0.4) is 0 Å². The summed E-state index contributed by atoms with van der Waals surface area (Å²) in [7, 11) is 0. The van der Waals surface area contributed by atoms with Crippen molar-refractivity contribution in [1.82, 2.24) is 0 Å². The highest BCUT2D eigenvalue weighted by Crippen LogP contribution is 2.75. The number of halogens is 6. The van der Waals surface area contributed by atoms with Crippen LogP contribution in [0.1, 0.15) is 33.1 Å². The van der Waals surface area contributed by atoms with Crippen molar-refractivity contribution in [2.75, 3.05) is 0 Å². The van der Waals surface area contributed by atoms with Gasteiger partial charge < -0.3 is 5.11 Å². The van der Waals surface area contributed by atoms with Crippen LogP contribution in [-0.4, -0.2) is 23.1 Å². The van der Waals surface area contributed by atoms with Gasteiger partial charge in [-0.15, -0.1) is 0 Å². The molecule has 3 atom stereocenters. The summed E-state index contributed by atoms with van der Waals surface area (Å²) >= 11 is 0. The molecule has 0 saturated heterocycles. The molecule has 120 valence electrons. The molecule has 1 spiro atoms. The van der Waals surface area contributed by atoms with Gasteiger partial charge >= 0.3 is 12.4 Å². The molecule has 2 saturated carbocycles. The highest BCUT2D eigenvalue weighted by molar-refractivity contribution is 5.47. The molecule has 2 fully saturated rings. The minimum Gasteiger partial charge on any atom is -0.374 e. The van der Waals surface area contributed by atoms with Crippen LogP contribution in [0.4, 0.5) is 26.3 Å². The summed E-state index contributed by atoms with van der Waals surface area (Å²) in [5.74, 6) is -0.270. The van der Waals surface area contributed by atoms with Crippen molar-refractivity contribution >= 4 is 0 Å². The number of allylic oxidation sites excluding steroid dienone is 2. The monoisotopic (exact) mass is 314 g/mol. The van der Waals surface area contributed by atoms with E-state index in [0.29, 0.717) is 12.8 Å². The van der Waals surface area contributed by atoms with Gasteiger partial charge in [0.2, 0.25) is 0 Å². The van der Waals surface area contributed by atoms with E-state index in [1.165, 1.54) is 0 Å². The summed E-state index contributed by atoms with van der Waals surface area (Å²) in [6.07, 6.45) is -11.8. The molecule has 4 aliphatic rings. The molecule has 4 aliphatic carbocycles. The van der Waals surface area contributed by atoms with E-state index in [9.17, 15) is 31.4 Å². The van der Waals surface area contributed by atoms with Crippen molar-refractivity contribution in [1.29, 1.82) is 0 Å². The van der Waals surface area contributed by atoms with Gasteiger partial charge in [-0.2, -0.15) is 26.3 Å². The Bertz CT molecular complexity index is 489. The van der Waals surface area contributed by atoms with Crippen LogP contribution in [0, 0.1) is 23.2 Å². The van der Waals surface area contributed by atoms with Crippen molar-refractivity contribution in [3.05, 3.63) is 11.1 Å². The number of hydrogen-bond acceptors (Lipinski definition) is 1. The van der Waals surface area contributed by atoms with E-state index >= 15 is 0 Å². The molecule has 0 aromatic rings. The Morgan fingerprint density at radius 3 is 1.81 bits per heavy atom. The third-order valence-corrected chi connectivity index (χ3v) is 6.15. The molecule has 0 heterocycles. The fraction of sp³-hybridized carbons (Fsp3) is 0.857. The predicted octanol–water partition coefficient (Wildman–Crippen LogP) is 4.22. The molecule has 1 N–H and O–H groups in total. The molecule has 0 aromatic heterocycles. The number of aliphatic hydroxyl groups is 1. The molecule has 0 aliphatic heterocycles. The first-order valence-corrected chi connectivity index (χ1v) is 6.94. The van der Waals surface area contributed by atoms with Crippen LogP contribution in [-0.2, 0) is 0 Å². The topological polar surface area (TPSA) is 20.2 Å². The second-order valence-electron chi connectivity index (χ2n) is 6.79. The van der Waals surface area contributed by atoms with Crippen LogP contribution in [0.15, 0.2) is 11.1 Å². The molecule has 3 bridgehead atoms. The fourth-order valence-corrected chi connectivity index (χ4v) is 4.92. The third kappa shape index (κ3) is 1.58. The van der Waals surface area contributed by atoms with Gasteiger partial charge in [0.1, 0.15) is 0 Å². The first kappa shape index (κ1) is 15.2. The van der Waals surface area contributed by atoms with Crippen molar-refractivity contribution < 1.29 is 31.4 Å². The lowest BCUT2D eigenvalue weighted by molar-refractivity contribution is -0.372. The van der Waals surface area contributed by atoms with Gasteiger partial charge in [0.05, 0.1) is 0 Å². The predicted molar refractivity (Wildman–Crippen MR) is 62.2 cm³/mol. The quantitative estimate of drug-likeness (QED) is 0.597. The normalized spacial score (nSPS) is 39.0. The van der Waals surface area contributed by atoms with E-state index in [4.69, 9.17) is 0 Å². The second-order valence-corrected chi connectivity index (χ2v) is 6.79. The van der Waals surface area contributed by atoms with Gasteiger partial charge in [0, 0.05) is 6.42 Å². The average Bonchev–Trinajstić information content (AvgIpc) is 2.90. The maximum atomic E-state index is 12.8. The number of alkyl halides is 6. The Hall–Kier alpha value is -0.720. The van der Waals surface area contributed by atoms with E-state index in [0.717, 1.165) is 11.1 Å². The zero-order valence-corrected chi connectivity index (χ0v) is 11.6. The summed E-state index contributed by atoms with van der Waals surface area (Å²) in [6, 6.07) is 0. The maximum absolute atomic E-state index is 12.8. The van der Waals surface area contributed by atoms with E-state index in [1.54, 1.807) is 0 Å². The second kappa shape index (κ2) is 3.78. The first-order valence-electron chi connectivity index (χ1n) is 6.94. The smallest absolute Gasteiger partial charge is 0.374 e. The average molecular weight is 314 g/mol. The van der Waals surface area contributed by atoms with Gasteiger partial charge in [0.25, 0.3) is 5.60 Å². The van der Waals surface area contributed by atoms with Crippen LogP contribution >= 0.6 is 0 Å². The minimum atomic E-state index is -5.71. The molecule has 1 nitrogen and oxygen atoms in total. The lowest BCUT2D eigenvalue weighted by Gasteiger charge is -2.53. The lowest BCUT2D eigenvalue weighted by atomic mass is 9.51. The number of rotatable bonds is 2. The van der Waals surface area contributed by atoms with E-state index in [-0.39, 0.29) is 17.3 Å². The first-order chi connectivity index (χ1) is 9.35. The Morgan fingerprint density at radius 2 is 1.52 bits per heavy atom. The highest BCUT2D eigenvalue weighted by atomic mass is 19.4. The maximum Gasteiger partial charge on any atom is 0.426 e. The Morgan fingerprint density at radius 1 is 1.05 bits per heavy atom. The Labute approximate surface area is 118 Å². The highest BCUT2D eigenvalue weighted by Gasteiger charge is 2.73. The summed E-state index contributed by atoms with van der Waals surface area (Å²) < 4.78 is 76.6. The summed E-state index contributed by atoms with van der Waals surface area (Å²) in [5.41, 5.74) is -3.01. The van der Waals surface area contributed by atoms with Gasteiger partial charge in [-0.05, 0) is 36.0 Å². The van der Waals surface area contributed by atoms with Gasteiger partial charge in [-0.3, -0.25) is 0 Å². The van der Waals surface area contributed by atoms with Gasteiger partial charge in [-0.25, -0.2) is 0 Å². The van der Waals surface area contributed by atoms with Gasteiger partial charge in [0.15, 0.2) is 0 Å². The zero-order chi connectivity index (χ0) is 16.0. The number of hydrogen-bond donors (Lipinski definition) is 1. The van der Waals surface area contributed by atoms with E-state index < -0.39 is 30.3 Å². The van der Waals surface area contributed by atoms with Crippen LogP contribution in [0.2, 0.25) is 0 Å². The van der Waals surface area contributed by atoms with Crippen molar-refractivity contribution in [3.63, 3.8) is 0 Å². The summed E-state index contributed by atoms with van der Waals surface area (Å²) in [6.45, 7) is 3.97. The molecule has 0 radical (unpaired) electrons. The van der Waals surface area contributed by atoms with Gasteiger partial charge in [-0.1, -0.05) is 25.0 Å². The third-order valence-electron chi connectivity index (χ3n) is 6.15.